The lowest BCUT2D eigenvalue weighted by Gasteiger charge is -2.35. The first-order valence-corrected chi connectivity index (χ1v) is 9.97. The highest BCUT2D eigenvalue weighted by Gasteiger charge is 2.33. The fourth-order valence-electron chi connectivity index (χ4n) is 4.07. The van der Waals surface area contributed by atoms with Gasteiger partial charge in [0.2, 0.25) is 0 Å². The van der Waals surface area contributed by atoms with E-state index in [-0.39, 0.29) is 17.4 Å². The summed E-state index contributed by atoms with van der Waals surface area (Å²) in [6.07, 6.45) is 3.24. The molecule has 0 spiro atoms. The molecule has 1 fully saturated rings. The quantitative estimate of drug-likeness (QED) is 0.523. The number of benzene rings is 1. The van der Waals surface area contributed by atoms with Gasteiger partial charge >= 0.3 is 5.97 Å². The van der Waals surface area contributed by atoms with E-state index < -0.39 is 5.97 Å². The summed E-state index contributed by atoms with van der Waals surface area (Å²) in [6.45, 7) is 4.30. The van der Waals surface area contributed by atoms with Crippen molar-refractivity contribution in [2.75, 3.05) is 13.1 Å². The second-order valence-electron chi connectivity index (χ2n) is 7.79. The maximum Gasteiger partial charge on any atom is 0.339 e. The number of rotatable bonds is 4. The van der Waals surface area contributed by atoms with Crippen molar-refractivity contribution in [1.29, 1.82) is 5.26 Å². The van der Waals surface area contributed by atoms with Crippen LogP contribution < -0.4 is 4.74 Å². The van der Waals surface area contributed by atoms with Gasteiger partial charge in [0, 0.05) is 36.8 Å². The second-order valence-corrected chi connectivity index (χ2v) is 7.79. The molecule has 160 valence electrons. The van der Waals surface area contributed by atoms with Crippen LogP contribution >= 0.6 is 0 Å². The standard InChI is InChI=1S/C23H18N4O5/c1-12-17(22(28)26-9-14(8-24)10-26)11-27-21(12)18(5-6-25-27)32-15-3-4-16-19(7-15)31-13(2)20(16)23(29)30/h3-7,11,14H,9-10H2,1-2H3,(H,29,30). The van der Waals surface area contributed by atoms with Crippen LogP contribution in [0, 0.1) is 31.1 Å². The second kappa shape index (κ2) is 7.13. The summed E-state index contributed by atoms with van der Waals surface area (Å²) in [4.78, 5) is 26.0. The molecule has 9 nitrogen and oxygen atoms in total. The summed E-state index contributed by atoms with van der Waals surface area (Å²) in [5, 5.41) is 23.1. The number of aryl methyl sites for hydroxylation is 2. The van der Waals surface area contributed by atoms with E-state index in [0.717, 1.165) is 5.56 Å². The number of likely N-dealkylation sites (tertiary alicyclic amines) is 1. The minimum absolute atomic E-state index is 0.116. The number of hydrogen-bond acceptors (Lipinski definition) is 6. The number of nitriles is 1. The van der Waals surface area contributed by atoms with Crippen molar-refractivity contribution >= 4 is 28.4 Å². The molecule has 1 amide bonds. The number of carboxylic acid groups (broad SMARTS) is 1. The molecule has 9 heteroatoms. The zero-order chi connectivity index (χ0) is 22.6. The number of aromatic nitrogens is 2. The van der Waals surface area contributed by atoms with Crippen molar-refractivity contribution in [3.05, 3.63) is 59.1 Å². The van der Waals surface area contributed by atoms with Crippen LogP contribution in [0.2, 0.25) is 0 Å². The molecule has 1 saturated heterocycles. The molecule has 0 atom stereocenters. The molecular formula is C23H18N4O5. The van der Waals surface area contributed by atoms with Crippen LogP contribution in [0.4, 0.5) is 0 Å². The lowest BCUT2D eigenvalue weighted by atomic mass is 10.0. The maximum atomic E-state index is 12.9. The molecule has 0 aliphatic carbocycles. The predicted molar refractivity (Wildman–Crippen MR) is 113 cm³/mol. The minimum atomic E-state index is -1.05. The third-order valence-electron chi connectivity index (χ3n) is 5.75. The van der Waals surface area contributed by atoms with Crippen molar-refractivity contribution in [1.82, 2.24) is 14.5 Å². The van der Waals surface area contributed by atoms with Gasteiger partial charge in [-0.1, -0.05) is 0 Å². The van der Waals surface area contributed by atoms with Gasteiger partial charge in [-0.3, -0.25) is 4.79 Å². The molecule has 3 aromatic heterocycles. The Morgan fingerprint density at radius 2 is 2.06 bits per heavy atom. The van der Waals surface area contributed by atoms with Crippen molar-refractivity contribution in [2.45, 2.75) is 13.8 Å². The molecule has 32 heavy (non-hydrogen) atoms. The summed E-state index contributed by atoms with van der Waals surface area (Å²) in [5.41, 5.74) is 2.42. The Labute approximate surface area is 182 Å². The predicted octanol–water partition coefficient (Wildman–Crippen LogP) is 3.78. The SMILES string of the molecule is Cc1oc2cc(Oc3ccnn4cc(C(=O)N5CC(C#N)C5)c(C)c34)ccc2c1C(=O)O. The van der Waals surface area contributed by atoms with E-state index in [1.807, 2.05) is 6.92 Å². The Morgan fingerprint density at radius 3 is 2.78 bits per heavy atom. The Hall–Kier alpha value is -4.32. The molecule has 1 aromatic carbocycles. The monoisotopic (exact) mass is 430 g/mol. The van der Waals surface area contributed by atoms with Crippen LogP contribution in [0.1, 0.15) is 32.0 Å². The van der Waals surface area contributed by atoms with Crippen LogP contribution in [0.5, 0.6) is 11.5 Å². The largest absolute Gasteiger partial charge is 0.478 e. The molecule has 0 unspecified atom stereocenters. The van der Waals surface area contributed by atoms with Crippen molar-refractivity contribution in [2.24, 2.45) is 5.92 Å². The molecule has 4 aromatic rings. The van der Waals surface area contributed by atoms with Gasteiger partial charge in [-0.25, -0.2) is 9.31 Å². The zero-order valence-corrected chi connectivity index (χ0v) is 17.3. The van der Waals surface area contributed by atoms with Gasteiger partial charge in [0.05, 0.1) is 23.7 Å². The van der Waals surface area contributed by atoms with E-state index in [2.05, 4.69) is 11.2 Å². The number of fused-ring (bicyclic) bond motifs is 2. The first-order chi connectivity index (χ1) is 15.4. The van der Waals surface area contributed by atoms with Crippen molar-refractivity contribution in [3.63, 3.8) is 0 Å². The topological polar surface area (TPSA) is 121 Å². The molecule has 5 rings (SSSR count). The fraction of sp³-hybridized carbons (Fsp3) is 0.217. The van der Waals surface area contributed by atoms with E-state index >= 15 is 0 Å². The molecule has 1 aliphatic rings. The van der Waals surface area contributed by atoms with Crippen LogP contribution in [-0.4, -0.2) is 44.6 Å². The first-order valence-electron chi connectivity index (χ1n) is 9.97. The summed E-state index contributed by atoms with van der Waals surface area (Å²) in [7, 11) is 0. The van der Waals surface area contributed by atoms with Gasteiger partial charge < -0.3 is 19.2 Å². The zero-order valence-electron chi connectivity index (χ0n) is 17.3. The van der Waals surface area contributed by atoms with E-state index in [0.29, 0.717) is 52.4 Å². The van der Waals surface area contributed by atoms with Crippen LogP contribution in [0.15, 0.2) is 41.1 Å². The van der Waals surface area contributed by atoms with Gasteiger partial charge in [-0.2, -0.15) is 10.4 Å². The van der Waals surface area contributed by atoms with Crippen LogP contribution in [-0.2, 0) is 0 Å². The number of furan rings is 1. The van der Waals surface area contributed by atoms with E-state index in [1.165, 1.54) is 0 Å². The molecular weight excluding hydrogens is 412 g/mol. The van der Waals surface area contributed by atoms with Gasteiger partial charge in [0.1, 0.15) is 28.2 Å². The highest BCUT2D eigenvalue weighted by Crippen LogP contribution is 2.34. The number of carbonyl (C=O) groups excluding carboxylic acids is 1. The average Bonchev–Trinajstić information content (AvgIpc) is 3.23. The third-order valence-corrected chi connectivity index (χ3v) is 5.75. The molecule has 1 aliphatic heterocycles. The lowest BCUT2D eigenvalue weighted by Crippen LogP contribution is -2.49. The van der Waals surface area contributed by atoms with Gasteiger partial charge in [0.25, 0.3) is 5.91 Å². The van der Waals surface area contributed by atoms with Crippen LogP contribution in [0.25, 0.3) is 16.5 Å². The molecule has 0 bridgehead atoms. The summed E-state index contributed by atoms with van der Waals surface area (Å²) < 4.78 is 13.3. The molecule has 1 N–H and O–H groups in total. The first kappa shape index (κ1) is 19.6. The van der Waals surface area contributed by atoms with Crippen molar-refractivity contribution < 1.29 is 23.8 Å². The Morgan fingerprint density at radius 1 is 1.28 bits per heavy atom. The number of nitrogens with zero attached hydrogens (tertiary/aromatic N) is 4. The number of aromatic carboxylic acids is 1. The molecule has 4 heterocycles. The highest BCUT2D eigenvalue weighted by atomic mass is 16.5. The number of ether oxygens (including phenoxy) is 1. The van der Waals surface area contributed by atoms with Gasteiger partial charge in [-0.15, -0.1) is 0 Å². The summed E-state index contributed by atoms with van der Waals surface area (Å²) >= 11 is 0. The van der Waals surface area contributed by atoms with E-state index in [1.54, 1.807) is 53.0 Å². The smallest absolute Gasteiger partial charge is 0.339 e. The lowest BCUT2D eigenvalue weighted by molar-refractivity contribution is 0.0576. The molecule has 0 saturated carbocycles. The van der Waals surface area contributed by atoms with Crippen LogP contribution in [0.3, 0.4) is 0 Å². The summed E-state index contributed by atoms with van der Waals surface area (Å²) in [6, 6.07) is 8.83. The Bertz CT molecular complexity index is 1450. The average molecular weight is 430 g/mol. The number of carboxylic acids is 1. The van der Waals surface area contributed by atoms with Crippen molar-refractivity contribution in [3.8, 4) is 17.6 Å². The minimum Gasteiger partial charge on any atom is -0.478 e. The van der Waals surface area contributed by atoms with E-state index in [9.17, 15) is 14.7 Å². The van der Waals surface area contributed by atoms with Gasteiger partial charge in [-0.05, 0) is 31.5 Å². The Kier molecular flexibility index (Phi) is 4.37. The maximum absolute atomic E-state index is 12.9. The number of amides is 1. The van der Waals surface area contributed by atoms with E-state index in [4.69, 9.17) is 14.4 Å². The number of carbonyl (C=O) groups is 2. The fourth-order valence-corrected chi connectivity index (χ4v) is 4.07. The Balaban J connectivity index is 1.50. The summed E-state index contributed by atoms with van der Waals surface area (Å²) in [5.74, 6) is -0.0176. The number of hydrogen-bond donors (Lipinski definition) is 1. The third kappa shape index (κ3) is 2.96. The van der Waals surface area contributed by atoms with Gasteiger partial charge in [0.15, 0.2) is 5.75 Å². The molecule has 0 radical (unpaired) electrons. The normalized spacial score (nSPS) is 13.8. The highest BCUT2D eigenvalue weighted by molar-refractivity contribution is 6.04.